The summed E-state index contributed by atoms with van der Waals surface area (Å²) in [6.45, 7) is 2.59. The van der Waals surface area contributed by atoms with Gasteiger partial charge >= 0.3 is 0 Å². The highest BCUT2D eigenvalue weighted by molar-refractivity contribution is 8.00. The molecule has 9 heteroatoms. The number of amides is 1. The number of carbonyl (C=O) groups is 1. The van der Waals surface area contributed by atoms with E-state index in [2.05, 4.69) is 21.3 Å². The summed E-state index contributed by atoms with van der Waals surface area (Å²) in [7, 11) is 0. The van der Waals surface area contributed by atoms with Crippen LogP contribution in [0.3, 0.4) is 0 Å². The number of aromatic nitrogens is 2. The van der Waals surface area contributed by atoms with Gasteiger partial charge in [0.25, 0.3) is 0 Å². The van der Waals surface area contributed by atoms with Crippen LogP contribution in [0.1, 0.15) is 11.1 Å². The molecule has 0 spiro atoms. The lowest BCUT2D eigenvalue weighted by Gasteiger charge is -2.27. The van der Waals surface area contributed by atoms with Crippen LogP contribution < -0.4 is 10.2 Å². The molecule has 1 aromatic heterocycles. The average Bonchev–Trinajstić information content (AvgIpc) is 2.87. The maximum Gasteiger partial charge on any atom is 0.234 e. The van der Waals surface area contributed by atoms with Gasteiger partial charge in [0.2, 0.25) is 11.9 Å². The standard InChI is InChI=1S/C24H23N5O2S2/c25-15-20-22(32-16-18-7-3-1-4-8-18)27-24(29-11-13-31-14-12-29)28-23(20)33-17-21(30)26-19-9-5-2-6-10-19/h1-10H,11-14,16-17H2,(H,26,30). The van der Waals surface area contributed by atoms with E-state index >= 15 is 0 Å². The first-order valence-electron chi connectivity index (χ1n) is 10.5. The number of rotatable bonds is 8. The van der Waals surface area contributed by atoms with Gasteiger partial charge in [-0.25, -0.2) is 9.97 Å². The smallest absolute Gasteiger partial charge is 0.234 e. The Labute approximate surface area is 201 Å². The van der Waals surface area contributed by atoms with E-state index in [-0.39, 0.29) is 11.7 Å². The summed E-state index contributed by atoms with van der Waals surface area (Å²) in [4.78, 5) is 23.9. The van der Waals surface area contributed by atoms with Crippen molar-refractivity contribution in [3.63, 3.8) is 0 Å². The Kier molecular flexibility index (Phi) is 8.19. The molecule has 0 aliphatic carbocycles. The Balaban J connectivity index is 1.55. The molecule has 168 valence electrons. The maximum atomic E-state index is 12.5. The van der Waals surface area contributed by atoms with Crippen molar-refractivity contribution >= 4 is 41.1 Å². The molecule has 4 rings (SSSR count). The number of hydrogen-bond acceptors (Lipinski definition) is 8. The molecular formula is C24H23N5O2S2. The third-order valence-electron chi connectivity index (χ3n) is 4.85. The van der Waals surface area contributed by atoms with E-state index in [9.17, 15) is 10.1 Å². The van der Waals surface area contributed by atoms with Crippen molar-refractivity contribution in [2.45, 2.75) is 15.8 Å². The van der Waals surface area contributed by atoms with Crippen LogP contribution in [0.15, 0.2) is 70.7 Å². The molecule has 3 aromatic rings. The predicted molar refractivity (Wildman–Crippen MR) is 132 cm³/mol. The van der Waals surface area contributed by atoms with Crippen LogP contribution in [0, 0.1) is 11.3 Å². The highest BCUT2D eigenvalue weighted by atomic mass is 32.2. The third kappa shape index (κ3) is 6.48. The quantitative estimate of drug-likeness (QED) is 0.381. The Morgan fingerprint density at radius 3 is 2.30 bits per heavy atom. The highest BCUT2D eigenvalue weighted by Crippen LogP contribution is 2.32. The van der Waals surface area contributed by atoms with Crippen LogP contribution in [-0.4, -0.2) is 47.9 Å². The maximum absolute atomic E-state index is 12.5. The van der Waals surface area contributed by atoms with Crippen molar-refractivity contribution in [1.82, 2.24) is 9.97 Å². The first-order valence-corrected chi connectivity index (χ1v) is 12.5. The predicted octanol–water partition coefficient (Wildman–Crippen LogP) is 4.21. The second-order valence-corrected chi connectivity index (χ2v) is 9.13. The molecule has 2 heterocycles. The number of morpholine rings is 1. The molecule has 0 saturated carbocycles. The summed E-state index contributed by atoms with van der Waals surface area (Å²) in [6, 6.07) is 21.6. The molecule has 7 nitrogen and oxygen atoms in total. The van der Waals surface area contributed by atoms with E-state index < -0.39 is 0 Å². The summed E-state index contributed by atoms with van der Waals surface area (Å²) in [5.41, 5.74) is 2.29. The van der Waals surface area contributed by atoms with Crippen LogP contribution in [-0.2, 0) is 15.3 Å². The molecule has 0 atom stereocenters. The third-order valence-corrected chi connectivity index (χ3v) is 6.87. The van der Waals surface area contributed by atoms with Gasteiger partial charge in [-0.3, -0.25) is 4.79 Å². The van der Waals surface area contributed by atoms with Crippen LogP contribution in [0.4, 0.5) is 11.6 Å². The fourth-order valence-corrected chi connectivity index (χ4v) is 4.96. The minimum atomic E-state index is -0.153. The van der Waals surface area contributed by atoms with Gasteiger partial charge in [-0.15, -0.1) is 11.8 Å². The second kappa shape index (κ2) is 11.7. The van der Waals surface area contributed by atoms with Crippen molar-refractivity contribution < 1.29 is 9.53 Å². The molecule has 2 aromatic carbocycles. The molecule has 0 unspecified atom stereocenters. The van der Waals surface area contributed by atoms with Crippen LogP contribution in [0.5, 0.6) is 0 Å². The van der Waals surface area contributed by atoms with Gasteiger partial charge < -0.3 is 15.0 Å². The average molecular weight is 478 g/mol. The van der Waals surface area contributed by atoms with Gasteiger partial charge in [-0.05, 0) is 17.7 Å². The van der Waals surface area contributed by atoms with Gasteiger partial charge in [0.1, 0.15) is 21.7 Å². The Bertz CT molecular complexity index is 1120. The highest BCUT2D eigenvalue weighted by Gasteiger charge is 2.21. The summed E-state index contributed by atoms with van der Waals surface area (Å²) in [5.74, 6) is 1.25. The lowest BCUT2D eigenvalue weighted by atomic mass is 10.2. The summed E-state index contributed by atoms with van der Waals surface area (Å²) in [6.07, 6.45) is 0. The Morgan fingerprint density at radius 1 is 1.00 bits per heavy atom. The summed E-state index contributed by atoms with van der Waals surface area (Å²) in [5, 5.41) is 13.9. The van der Waals surface area contributed by atoms with E-state index in [4.69, 9.17) is 9.72 Å². The molecular weight excluding hydrogens is 454 g/mol. The molecule has 1 fully saturated rings. The van der Waals surface area contributed by atoms with Crippen LogP contribution >= 0.6 is 23.5 Å². The fraction of sp³-hybridized carbons (Fsp3) is 0.250. The van der Waals surface area contributed by atoms with Crippen LogP contribution in [0.2, 0.25) is 0 Å². The molecule has 0 radical (unpaired) electrons. The largest absolute Gasteiger partial charge is 0.378 e. The number of carbonyl (C=O) groups excluding carboxylic acids is 1. The number of ether oxygens (including phenoxy) is 1. The van der Waals surface area contributed by atoms with Crippen molar-refractivity contribution in [3.8, 4) is 6.07 Å². The number of nitrogens with zero attached hydrogens (tertiary/aromatic N) is 4. The topological polar surface area (TPSA) is 91.1 Å². The van der Waals surface area contributed by atoms with Crippen molar-refractivity contribution in [1.29, 1.82) is 5.26 Å². The lowest BCUT2D eigenvalue weighted by molar-refractivity contribution is -0.113. The SMILES string of the molecule is N#Cc1c(SCC(=O)Nc2ccccc2)nc(N2CCOCC2)nc1SCc1ccccc1. The van der Waals surface area contributed by atoms with Gasteiger partial charge in [0.05, 0.1) is 19.0 Å². The normalized spacial score (nSPS) is 13.4. The molecule has 1 aliphatic rings. The summed E-state index contributed by atoms with van der Waals surface area (Å²) >= 11 is 2.76. The lowest BCUT2D eigenvalue weighted by Crippen LogP contribution is -2.37. The van der Waals surface area contributed by atoms with E-state index in [0.29, 0.717) is 53.6 Å². The first kappa shape index (κ1) is 23.1. The zero-order chi connectivity index (χ0) is 22.9. The van der Waals surface area contributed by atoms with Crippen molar-refractivity contribution in [2.75, 3.05) is 42.3 Å². The molecule has 1 amide bonds. The molecule has 1 saturated heterocycles. The van der Waals surface area contributed by atoms with Gasteiger partial charge in [-0.2, -0.15) is 5.26 Å². The Morgan fingerprint density at radius 2 is 1.64 bits per heavy atom. The number of hydrogen-bond donors (Lipinski definition) is 1. The van der Waals surface area contributed by atoms with E-state index in [1.54, 1.807) is 0 Å². The molecule has 1 aliphatic heterocycles. The van der Waals surface area contributed by atoms with Crippen molar-refractivity contribution in [2.24, 2.45) is 0 Å². The number of thioether (sulfide) groups is 2. The van der Waals surface area contributed by atoms with E-state index in [0.717, 1.165) is 11.3 Å². The molecule has 1 N–H and O–H groups in total. The van der Waals surface area contributed by atoms with E-state index in [1.807, 2.05) is 60.7 Å². The monoisotopic (exact) mass is 477 g/mol. The minimum absolute atomic E-state index is 0.145. The zero-order valence-corrected chi connectivity index (χ0v) is 19.6. The van der Waals surface area contributed by atoms with Gasteiger partial charge in [-0.1, -0.05) is 60.3 Å². The summed E-state index contributed by atoms with van der Waals surface area (Å²) < 4.78 is 5.45. The van der Waals surface area contributed by atoms with Crippen molar-refractivity contribution in [3.05, 3.63) is 71.8 Å². The molecule has 0 bridgehead atoms. The van der Waals surface area contributed by atoms with Gasteiger partial charge in [0, 0.05) is 24.5 Å². The number of anilines is 2. The van der Waals surface area contributed by atoms with Crippen LogP contribution in [0.25, 0.3) is 0 Å². The second-order valence-electron chi connectivity index (χ2n) is 7.20. The minimum Gasteiger partial charge on any atom is -0.378 e. The number of nitrogens with one attached hydrogen (secondary N) is 1. The number of nitriles is 1. The zero-order valence-electron chi connectivity index (χ0n) is 17.9. The van der Waals surface area contributed by atoms with Gasteiger partial charge in [0.15, 0.2) is 0 Å². The first-order chi connectivity index (χ1) is 16.2. The fourth-order valence-electron chi connectivity index (χ4n) is 3.20. The van der Waals surface area contributed by atoms with E-state index in [1.165, 1.54) is 23.5 Å². The number of benzene rings is 2. The molecule has 33 heavy (non-hydrogen) atoms. The Hall–Kier alpha value is -3.06. The number of para-hydroxylation sites is 1.